The summed E-state index contributed by atoms with van der Waals surface area (Å²) in [7, 11) is 0. The lowest BCUT2D eigenvalue weighted by molar-refractivity contribution is 0.289. The van der Waals surface area contributed by atoms with Crippen LogP contribution >= 0.6 is 0 Å². The SMILES string of the molecule is NC(COc1cccnc1)c1ccc(F)cc1. The van der Waals surface area contributed by atoms with Gasteiger partial charge in [-0.25, -0.2) is 4.39 Å². The predicted octanol–water partition coefficient (Wildman–Crippen LogP) is 2.30. The van der Waals surface area contributed by atoms with Crippen molar-refractivity contribution in [2.45, 2.75) is 6.04 Å². The summed E-state index contributed by atoms with van der Waals surface area (Å²) in [4.78, 5) is 3.93. The van der Waals surface area contributed by atoms with Crippen molar-refractivity contribution in [3.05, 3.63) is 60.2 Å². The van der Waals surface area contributed by atoms with E-state index in [0.29, 0.717) is 12.4 Å². The van der Waals surface area contributed by atoms with Gasteiger partial charge in [0.2, 0.25) is 0 Å². The van der Waals surface area contributed by atoms with E-state index in [2.05, 4.69) is 4.98 Å². The van der Waals surface area contributed by atoms with E-state index < -0.39 is 0 Å². The van der Waals surface area contributed by atoms with Gasteiger partial charge >= 0.3 is 0 Å². The Morgan fingerprint density at radius 2 is 2.00 bits per heavy atom. The van der Waals surface area contributed by atoms with E-state index in [-0.39, 0.29) is 11.9 Å². The van der Waals surface area contributed by atoms with Crippen LogP contribution in [0.2, 0.25) is 0 Å². The van der Waals surface area contributed by atoms with Crippen molar-refractivity contribution in [2.24, 2.45) is 5.73 Å². The predicted molar refractivity (Wildman–Crippen MR) is 63.1 cm³/mol. The van der Waals surface area contributed by atoms with E-state index in [1.807, 2.05) is 6.07 Å². The molecule has 88 valence electrons. The van der Waals surface area contributed by atoms with Gasteiger partial charge in [0.1, 0.15) is 18.2 Å². The number of pyridine rings is 1. The van der Waals surface area contributed by atoms with Crippen LogP contribution in [0.1, 0.15) is 11.6 Å². The highest BCUT2D eigenvalue weighted by molar-refractivity contribution is 5.20. The molecule has 1 aromatic carbocycles. The van der Waals surface area contributed by atoms with E-state index in [4.69, 9.17) is 10.5 Å². The van der Waals surface area contributed by atoms with Crippen molar-refractivity contribution in [3.8, 4) is 5.75 Å². The van der Waals surface area contributed by atoms with Crippen LogP contribution in [-0.4, -0.2) is 11.6 Å². The summed E-state index contributed by atoms with van der Waals surface area (Å²) in [5.41, 5.74) is 6.77. The Bertz CT molecular complexity index is 459. The molecule has 0 aliphatic heterocycles. The molecule has 1 atom stereocenters. The molecule has 0 aliphatic rings. The van der Waals surface area contributed by atoms with Gasteiger partial charge in [-0.1, -0.05) is 12.1 Å². The van der Waals surface area contributed by atoms with Gasteiger partial charge < -0.3 is 10.5 Å². The minimum atomic E-state index is -0.282. The third-order valence-electron chi connectivity index (χ3n) is 2.36. The fourth-order valence-electron chi connectivity index (χ4n) is 1.42. The van der Waals surface area contributed by atoms with E-state index in [0.717, 1.165) is 5.56 Å². The third-order valence-corrected chi connectivity index (χ3v) is 2.36. The van der Waals surface area contributed by atoms with E-state index in [1.165, 1.54) is 12.1 Å². The van der Waals surface area contributed by atoms with Crippen LogP contribution < -0.4 is 10.5 Å². The number of ether oxygens (including phenoxy) is 1. The molecule has 2 aromatic rings. The second kappa shape index (κ2) is 5.41. The van der Waals surface area contributed by atoms with Gasteiger partial charge in [0.15, 0.2) is 0 Å². The zero-order chi connectivity index (χ0) is 12.1. The smallest absolute Gasteiger partial charge is 0.137 e. The molecule has 0 saturated heterocycles. The first kappa shape index (κ1) is 11.5. The number of rotatable bonds is 4. The maximum absolute atomic E-state index is 12.7. The molecular weight excluding hydrogens is 219 g/mol. The zero-order valence-corrected chi connectivity index (χ0v) is 9.21. The van der Waals surface area contributed by atoms with Crippen LogP contribution in [0.3, 0.4) is 0 Å². The topological polar surface area (TPSA) is 48.1 Å². The summed E-state index contributed by atoms with van der Waals surface area (Å²) in [6, 6.07) is 9.41. The first-order valence-corrected chi connectivity index (χ1v) is 5.29. The number of halogens is 1. The average molecular weight is 232 g/mol. The normalized spacial score (nSPS) is 12.1. The number of aromatic nitrogens is 1. The summed E-state index contributed by atoms with van der Waals surface area (Å²) < 4.78 is 18.2. The van der Waals surface area contributed by atoms with Crippen molar-refractivity contribution >= 4 is 0 Å². The molecule has 1 unspecified atom stereocenters. The average Bonchev–Trinajstić information content (AvgIpc) is 2.38. The van der Waals surface area contributed by atoms with Crippen LogP contribution in [-0.2, 0) is 0 Å². The summed E-state index contributed by atoms with van der Waals surface area (Å²) >= 11 is 0. The summed E-state index contributed by atoms with van der Waals surface area (Å²) in [5, 5.41) is 0. The highest BCUT2D eigenvalue weighted by Gasteiger charge is 2.06. The molecule has 0 spiro atoms. The summed E-state index contributed by atoms with van der Waals surface area (Å²) in [5.74, 6) is 0.402. The second-order valence-corrected chi connectivity index (χ2v) is 3.66. The lowest BCUT2D eigenvalue weighted by atomic mass is 10.1. The van der Waals surface area contributed by atoms with Gasteiger partial charge in [0, 0.05) is 6.20 Å². The first-order valence-electron chi connectivity index (χ1n) is 5.29. The first-order chi connectivity index (χ1) is 8.25. The van der Waals surface area contributed by atoms with Crippen molar-refractivity contribution in [2.75, 3.05) is 6.61 Å². The largest absolute Gasteiger partial charge is 0.490 e. The van der Waals surface area contributed by atoms with Crippen molar-refractivity contribution < 1.29 is 9.13 Å². The van der Waals surface area contributed by atoms with Crippen LogP contribution in [0.25, 0.3) is 0 Å². The van der Waals surface area contributed by atoms with Gasteiger partial charge in [-0.05, 0) is 29.8 Å². The molecule has 4 heteroatoms. The highest BCUT2D eigenvalue weighted by Crippen LogP contribution is 2.14. The highest BCUT2D eigenvalue weighted by atomic mass is 19.1. The van der Waals surface area contributed by atoms with Crippen LogP contribution in [0, 0.1) is 5.82 Å². The molecule has 0 aliphatic carbocycles. The Balaban J connectivity index is 1.93. The Hall–Kier alpha value is -1.94. The Morgan fingerprint density at radius 1 is 1.24 bits per heavy atom. The van der Waals surface area contributed by atoms with Crippen LogP contribution in [0.4, 0.5) is 4.39 Å². The Labute approximate surface area is 99.1 Å². The molecule has 1 aromatic heterocycles. The zero-order valence-electron chi connectivity index (χ0n) is 9.21. The fraction of sp³-hybridized carbons (Fsp3) is 0.154. The molecule has 2 N–H and O–H groups in total. The molecule has 0 saturated carbocycles. The lowest BCUT2D eigenvalue weighted by Crippen LogP contribution is -2.18. The molecular formula is C13H13FN2O. The number of nitrogens with zero attached hydrogens (tertiary/aromatic N) is 1. The summed E-state index contributed by atoms with van der Waals surface area (Å²) in [6.45, 7) is 0.331. The third kappa shape index (κ3) is 3.26. The fourth-order valence-corrected chi connectivity index (χ4v) is 1.42. The molecule has 0 fully saturated rings. The van der Waals surface area contributed by atoms with E-state index in [9.17, 15) is 4.39 Å². The van der Waals surface area contributed by atoms with E-state index >= 15 is 0 Å². The number of hydrogen-bond donors (Lipinski definition) is 1. The van der Waals surface area contributed by atoms with Gasteiger partial charge in [0.05, 0.1) is 12.2 Å². The van der Waals surface area contributed by atoms with Gasteiger partial charge in [-0.3, -0.25) is 4.98 Å². The molecule has 1 heterocycles. The van der Waals surface area contributed by atoms with Gasteiger partial charge in [0.25, 0.3) is 0 Å². The minimum absolute atomic E-state index is 0.269. The number of benzene rings is 1. The van der Waals surface area contributed by atoms with Crippen molar-refractivity contribution in [3.63, 3.8) is 0 Å². The summed E-state index contributed by atoms with van der Waals surface area (Å²) in [6.07, 6.45) is 3.30. The number of hydrogen-bond acceptors (Lipinski definition) is 3. The standard InChI is InChI=1S/C13H13FN2O/c14-11-5-3-10(4-6-11)13(15)9-17-12-2-1-7-16-8-12/h1-8,13H,9,15H2. The molecule has 17 heavy (non-hydrogen) atoms. The minimum Gasteiger partial charge on any atom is -0.490 e. The van der Waals surface area contributed by atoms with Crippen molar-refractivity contribution in [1.82, 2.24) is 4.98 Å². The van der Waals surface area contributed by atoms with Crippen LogP contribution in [0.5, 0.6) is 5.75 Å². The maximum atomic E-state index is 12.7. The monoisotopic (exact) mass is 232 g/mol. The van der Waals surface area contributed by atoms with Gasteiger partial charge in [-0.15, -0.1) is 0 Å². The molecule has 2 rings (SSSR count). The maximum Gasteiger partial charge on any atom is 0.137 e. The molecule has 3 nitrogen and oxygen atoms in total. The molecule has 0 amide bonds. The Morgan fingerprint density at radius 3 is 2.65 bits per heavy atom. The molecule has 0 radical (unpaired) electrons. The van der Waals surface area contributed by atoms with Crippen molar-refractivity contribution in [1.29, 1.82) is 0 Å². The molecule has 0 bridgehead atoms. The van der Waals surface area contributed by atoms with Crippen LogP contribution in [0.15, 0.2) is 48.8 Å². The van der Waals surface area contributed by atoms with E-state index in [1.54, 1.807) is 30.6 Å². The quantitative estimate of drug-likeness (QED) is 0.879. The lowest BCUT2D eigenvalue weighted by Gasteiger charge is -2.13. The van der Waals surface area contributed by atoms with Gasteiger partial charge in [-0.2, -0.15) is 0 Å². The second-order valence-electron chi connectivity index (χ2n) is 3.66. The number of nitrogens with two attached hydrogens (primary N) is 1. The Kier molecular flexibility index (Phi) is 3.67.